The second-order valence-corrected chi connectivity index (χ2v) is 7.26. The predicted molar refractivity (Wildman–Crippen MR) is 80.9 cm³/mol. The predicted octanol–water partition coefficient (Wildman–Crippen LogP) is 3.66. The van der Waals surface area contributed by atoms with Gasteiger partial charge in [-0.15, -0.1) is 0 Å². The number of halogens is 2. The highest BCUT2D eigenvalue weighted by atomic mass is 79.9. The topological polar surface area (TPSA) is 60.2 Å². The molecule has 0 atom stereocenters. The van der Waals surface area contributed by atoms with E-state index >= 15 is 0 Å². The fourth-order valence-corrected chi connectivity index (χ4v) is 4.23. The quantitative estimate of drug-likeness (QED) is 0.850. The van der Waals surface area contributed by atoms with Crippen molar-refractivity contribution in [2.75, 3.05) is 5.73 Å². The van der Waals surface area contributed by atoms with Gasteiger partial charge in [-0.2, -0.15) is 0 Å². The summed E-state index contributed by atoms with van der Waals surface area (Å²) in [5.74, 6) is -0.127. The maximum absolute atomic E-state index is 12.4. The lowest BCUT2D eigenvalue weighted by Gasteiger charge is -2.08. The minimum Gasteiger partial charge on any atom is -0.399 e. The number of sulfone groups is 1. The average molecular weight is 361 g/mol. The van der Waals surface area contributed by atoms with Crippen molar-refractivity contribution in [3.05, 3.63) is 57.5 Å². The Balaban J connectivity index is 2.44. The highest BCUT2D eigenvalue weighted by molar-refractivity contribution is 9.10. The van der Waals surface area contributed by atoms with E-state index in [0.29, 0.717) is 11.3 Å². The van der Waals surface area contributed by atoms with E-state index in [9.17, 15) is 8.42 Å². The van der Waals surface area contributed by atoms with Crippen LogP contribution in [0.3, 0.4) is 0 Å². The first-order valence-corrected chi connectivity index (χ1v) is 8.23. The second kappa shape index (κ2) is 5.53. The van der Waals surface area contributed by atoms with Crippen molar-refractivity contribution in [3.8, 4) is 0 Å². The summed E-state index contributed by atoms with van der Waals surface area (Å²) < 4.78 is 25.5. The fourth-order valence-electron chi connectivity index (χ4n) is 1.66. The molecule has 0 fully saturated rings. The Morgan fingerprint density at radius 1 is 1.16 bits per heavy atom. The van der Waals surface area contributed by atoms with Crippen molar-refractivity contribution >= 4 is 43.1 Å². The molecule has 2 aromatic carbocycles. The summed E-state index contributed by atoms with van der Waals surface area (Å²) in [7, 11) is -3.53. The Morgan fingerprint density at radius 2 is 1.84 bits per heavy atom. The summed E-state index contributed by atoms with van der Waals surface area (Å²) in [6, 6.07) is 11.6. The molecule has 0 aliphatic heterocycles. The largest absolute Gasteiger partial charge is 0.399 e. The van der Waals surface area contributed by atoms with Crippen LogP contribution >= 0.6 is 27.5 Å². The van der Waals surface area contributed by atoms with Gasteiger partial charge in [-0.05, 0) is 29.8 Å². The van der Waals surface area contributed by atoms with E-state index in [1.165, 1.54) is 12.1 Å². The Labute approximate surface area is 125 Å². The van der Waals surface area contributed by atoms with Gasteiger partial charge in [-0.25, -0.2) is 8.42 Å². The molecule has 0 amide bonds. The Morgan fingerprint density at radius 3 is 2.53 bits per heavy atom. The van der Waals surface area contributed by atoms with E-state index in [-0.39, 0.29) is 15.7 Å². The van der Waals surface area contributed by atoms with Crippen LogP contribution in [0.1, 0.15) is 5.56 Å². The average Bonchev–Trinajstić information content (AvgIpc) is 2.35. The summed E-state index contributed by atoms with van der Waals surface area (Å²) >= 11 is 9.27. The molecule has 100 valence electrons. The fraction of sp³-hybridized carbons (Fsp3) is 0.0769. The van der Waals surface area contributed by atoms with Crippen molar-refractivity contribution in [1.29, 1.82) is 0 Å². The van der Waals surface area contributed by atoms with Crippen molar-refractivity contribution < 1.29 is 8.42 Å². The number of rotatable bonds is 3. The molecule has 0 bridgehead atoms. The molecule has 2 aromatic rings. The first-order valence-electron chi connectivity index (χ1n) is 5.41. The molecule has 0 saturated heterocycles. The lowest BCUT2D eigenvalue weighted by atomic mass is 10.2. The number of nitrogens with two attached hydrogens (primary N) is 1. The molecule has 0 unspecified atom stereocenters. The van der Waals surface area contributed by atoms with Crippen LogP contribution in [-0.4, -0.2) is 8.42 Å². The Hall–Kier alpha value is -1.04. The number of hydrogen-bond acceptors (Lipinski definition) is 3. The second-order valence-electron chi connectivity index (χ2n) is 4.04. The normalized spacial score (nSPS) is 11.5. The van der Waals surface area contributed by atoms with Crippen molar-refractivity contribution in [2.24, 2.45) is 0 Å². The standard InChI is InChI=1S/C13H11BrClNO2S/c14-11-4-2-1-3-9(11)8-19(17,18)13-7-10(16)5-6-12(13)15/h1-7H,8,16H2. The highest BCUT2D eigenvalue weighted by Crippen LogP contribution is 2.28. The molecular weight excluding hydrogens is 350 g/mol. The monoisotopic (exact) mass is 359 g/mol. The van der Waals surface area contributed by atoms with Gasteiger partial charge in [0.05, 0.1) is 15.7 Å². The molecule has 0 heterocycles. The first-order chi connectivity index (χ1) is 8.90. The van der Waals surface area contributed by atoms with Crippen LogP contribution in [-0.2, 0) is 15.6 Å². The highest BCUT2D eigenvalue weighted by Gasteiger charge is 2.20. The SMILES string of the molecule is Nc1ccc(Cl)c(S(=O)(=O)Cc2ccccc2Br)c1. The zero-order chi connectivity index (χ0) is 14.0. The van der Waals surface area contributed by atoms with Gasteiger partial charge in [0.1, 0.15) is 0 Å². The number of hydrogen-bond donors (Lipinski definition) is 1. The van der Waals surface area contributed by atoms with Gasteiger partial charge in [-0.3, -0.25) is 0 Å². The van der Waals surface area contributed by atoms with Crippen LogP contribution in [0.15, 0.2) is 51.8 Å². The molecule has 19 heavy (non-hydrogen) atoms. The van der Waals surface area contributed by atoms with Gasteiger partial charge >= 0.3 is 0 Å². The van der Waals surface area contributed by atoms with Crippen LogP contribution in [0.5, 0.6) is 0 Å². The molecule has 0 aliphatic rings. The van der Waals surface area contributed by atoms with E-state index in [1.54, 1.807) is 24.3 Å². The van der Waals surface area contributed by atoms with E-state index in [0.717, 1.165) is 4.47 Å². The maximum atomic E-state index is 12.4. The molecule has 6 heteroatoms. The van der Waals surface area contributed by atoms with Crippen molar-refractivity contribution in [1.82, 2.24) is 0 Å². The Kier molecular flexibility index (Phi) is 4.18. The van der Waals surface area contributed by atoms with E-state index in [2.05, 4.69) is 15.9 Å². The Bertz CT molecular complexity index is 716. The van der Waals surface area contributed by atoms with Gasteiger partial charge in [0, 0.05) is 10.2 Å². The molecule has 0 saturated carbocycles. The summed E-state index contributed by atoms with van der Waals surface area (Å²) in [5, 5.41) is 0.182. The van der Waals surface area contributed by atoms with Crippen molar-refractivity contribution in [2.45, 2.75) is 10.6 Å². The van der Waals surface area contributed by atoms with E-state index in [1.807, 2.05) is 6.07 Å². The van der Waals surface area contributed by atoms with Gasteiger partial charge in [0.15, 0.2) is 9.84 Å². The van der Waals surface area contributed by atoms with Crippen LogP contribution in [0.4, 0.5) is 5.69 Å². The number of benzene rings is 2. The van der Waals surface area contributed by atoms with Crippen LogP contribution in [0.25, 0.3) is 0 Å². The van der Waals surface area contributed by atoms with Crippen LogP contribution in [0.2, 0.25) is 5.02 Å². The third-order valence-electron chi connectivity index (χ3n) is 2.59. The molecule has 2 N–H and O–H groups in total. The van der Waals surface area contributed by atoms with Gasteiger partial charge < -0.3 is 5.73 Å². The maximum Gasteiger partial charge on any atom is 0.184 e. The lowest BCUT2D eigenvalue weighted by molar-refractivity contribution is 0.595. The minimum atomic E-state index is -3.53. The van der Waals surface area contributed by atoms with Crippen molar-refractivity contribution in [3.63, 3.8) is 0 Å². The lowest BCUT2D eigenvalue weighted by Crippen LogP contribution is -2.07. The summed E-state index contributed by atoms with van der Waals surface area (Å²) in [6.07, 6.45) is 0. The molecule has 2 rings (SSSR count). The summed E-state index contributed by atoms with van der Waals surface area (Å²) in [4.78, 5) is 0.0601. The summed E-state index contributed by atoms with van der Waals surface area (Å²) in [5.41, 5.74) is 6.67. The third kappa shape index (κ3) is 3.29. The summed E-state index contributed by atoms with van der Waals surface area (Å²) in [6.45, 7) is 0. The zero-order valence-corrected chi connectivity index (χ0v) is 13.0. The number of nitrogen functional groups attached to an aromatic ring is 1. The van der Waals surface area contributed by atoms with Crippen LogP contribution < -0.4 is 5.73 Å². The molecular formula is C13H11BrClNO2S. The molecule has 0 spiro atoms. The number of anilines is 1. The third-order valence-corrected chi connectivity index (χ3v) is 5.51. The molecule has 0 radical (unpaired) electrons. The van der Waals surface area contributed by atoms with Gasteiger partial charge in [-0.1, -0.05) is 45.7 Å². The smallest absolute Gasteiger partial charge is 0.184 e. The van der Waals surface area contributed by atoms with E-state index < -0.39 is 9.84 Å². The molecule has 0 aliphatic carbocycles. The van der Waals surface area contributed by atoms with Gasteiger partial charge in [0.2, 0.25) is 0 Å². The molecule has 3 nitrogen and oxygen atoms in total. The minimum absolute atomic E-state index is 0.0601. The van der Waals surface area contributed by atoms with Crippen LogP contribution in [0, 0.1) is 0 Å². The van der Waals surface area contributed by atoms with Gasteiger partial charge in [0.25, 0.3) is 0 Å². The first kappa shape index (κ1) is 14.4. The van der Waals surface area contributed by atoms with E-state index in [4.69, 9.17) is 17.3 Å². The molecule has 0 aromatic heterocycles. The zero-order valence-electron chi connectivity index (χ0n) is 9.81.